The topological polar surface area (TPSA) is 43.8 Å². The number of halogens is 1. The average Bonchev–Trinajstić information content (AvgIpc) is 2.43. The molecule has 0 aromatic carbocycles. The van der Waals surface area contributed by atoms with Gasteiger partial charge in [0.1, 0.15) is 5.15 Å². The first-order chi connectivity index (χ1) is 7.29. The van der Waals surface area contributed by atoms with Crippen LogP contribution in [0.2, 0.25) is 5.15 Å². The van der Waals surface area contributed by atoms with Gasteiger partial charge in [-0.15, -0.1) is 0 Å². The predicted octanol–water partition coefficient (Wildman–Crippen LogP) is 2.69. The molecule has 0 aliphatic rings. The minimum Gasteiger partial charge on any atom is -0.325 e. The standard InChI is InChI=1S/C12H22ClN3/c1-6-8(2)12(4,14)7-10-9(3)15-16(5)11(10)13/h8H,6-7,14H2,1-5H3. The van der Waals surface area contributed by atoms with E-state index in [9.17, 15) is 0 Å². The van der Waals surface area contributed by atoms with Crippen LogP contribution in [0, 0.1) is 12.8 Å². The van der Waals surface area contributed by atoms with Crippen LogP contribution < -0.4 is 5.73 Å². The number of rotatable bonds is 4. The van der Waals surface area contributed by atoms with Gasteiger partial charge in [-0.3, -0.25) is 4.68 Å². The summed E-state index contributed by atoms with van der Waals surface area (Å²) in [6, 6.07) is 0. The van der Waals surface area contributed by atoms with Crippen LogP contribution in [-0.4, -0.2) is 15.3 Å². The van der Waals surface area contributed by atoms with Gasteiger partial charge >= 0.3 is 0 Å². The molecule has 2 N–H and O–H groups in total. The summed E-state index contributed by atoms with van der Waals surface area (Å²) in [7, 11) is 1.86. The van der Waals surface area contributed by atoms with E-state index in [4.69, 9.17) is 17.3 Å². The molecule has 2 atom stereocenters. The van der Waals surface area contributed by atoms with Crippen molar-refractivity contribution in [2.24, 2.45) is 18.7 Å². The van der Waals surface area contributed by atoms with E-state index in [1.165, 1.54) is 0 Å². The van der Waals surface area contributed by atoms with E-state index in [1.807, 2.05) is 14.0 Å². The third-order valence-electron chi connectivity index (χ3n) is 3.57. The van der Waals surface area contributed by atoms with Crippen LogP contribution >= 0.6 is 11.6 Å². The second-order valence-corrected chi connectivity index (χ2v) is 5.33. The highest BCUT2D eigenvalue weighted by Crippen LogP contribution is 2.27. The van der Waals surface area contributed by atoms with E-state index in [1.54, 1.807) is 4.68 Å². The maximum Gasteiger partial charge on any atom is 0.130 e. The van der Waals surface area contributed by atoms with Crippen LogP contribution in [0.1, 0.15) is 38.4 Å². The van der Waals surface area contributed by atoms with Gasteiger partial charge in [0.2, 0.25) is 0 Å². The van der Waals surface area contributed by atoms with Crippen molar-refractivity contribution >= 4 is 11.6 Å². The van der Waals surface area contributed by atoms with E-state index in [2.05, 4.69) is 25.9 Å². The summed E-state index contributed by atoms with van der Waals surface area (Å²) in [6.45, 7) is 8.41. The van der Waals surface area contributed by atoms with Crippen LogP contribution in [0.3, 0.4) is 0 Å². The Hall–Kier alpha value is -0.540. The molecule has 0 amide bonds. The summed E-state index contributed by atoms with van der Waals surface area (Å²) in [5, 5.41) is 5.02. The Labute approximate surface area is 103 Å². The quantitative estimate of drug-likeness (QED) is 0.884. The maximum absolute atomic E-state index is 6.35. The maximum atomic E-state index is 6.35. The molecule has 0 radical (unpaired) electrons. The molecule has 1 rings (SSSR count). The fourth-order valence-electron chi connectivity index (χ4n) is 1.90. The molecule has 16 heavy (non-hydrogen) atoms. The van der Waals surface area contributed by atoms with Crippen LogP contribution in [0.4, 0.5) is 0 Å². The summed E-state index contributed by atoms with van der Waals surface area (Å²) in [5.74, 6) is 0.461. The first kappa shape index (κ1) is 13.5. The minimum atomic E-state index is -0.230. The molecule has 0 saturated carbocycles. The van der Waals surface area contributed by atoms with Gasteiger partial charge in [0.05, 0.1) is 5.69 Å². The highest BCUT2D eigenvalue weighted by molar-refractivity contribution is 6.30. The SMILES string of the molecule is CCC(C)C(C)(N)Cc1c(C)nn(C)c1Cl. The molecular weight excluding hydrogens is 222 g/mol. The first-order valence-electron chi connectivity index (χ1n) is 5.76. The van der Waals surface area contributed by atoms with Gasteiger partial charge in [0, 0.05) is 18.2 Å². The van der Waals surface area contributed by atoms with Crippen molar-refractivity contribution in [3.05, 3.63) is 16.4 Å². The van der Waals surface area contributed by atoms with Gasteiger partial charge in [-0.1, -0.05) is 31.9 Å². The normalized spacial score (nSPS) is 17.2. The van der Waals surface area contributed by atoms with E-state index >= 15 is 0 Å². The summed E-state index contributed by atoms with van der Waals surface area (Å²) >= 11 is 6.21. The van der Waals surface area contributed by atoms with Crippen molar-refractivity contribution in [2.75, 3.05) is 0 Å². The van der Waals surface area contributed by atoms with Crippen molar-refractivity contribution in [1.82, 2.24) is 9.78 Å². The zero-order chi connectivity index (χ0) is 12.5. The molecule has 4 heteroatoms. The molecule has 1 heterocycles. The van der Waals surface area contributed by atoms with Crippen molar-refractivity contribution in [3.63, 3.8) is 0 Å². The minimum absolute atomic E-state index is 0.230. The summed E-state index contributed by atoms with van der Waals surface area (Å²) in [5.41, 5.74) is 8.18. The number of hydrogen-bond acceptors (Lipinski definition) is 2. The molecule has 1 aromatic heterocycles. The molecular formula is C12H22ClN3. The zero-order valence-corrected chi connectivity index (χ0v) is 11.6. The smallest absolute Gasteiger partial charge is 0.130 e. The monoisotopic (exact) mass is 243 g/mol. The van der Waals surface area contributed by atoms with Crippen molar-refractivity contribution in [2.45, 2.75) is 46.1 Å². The van der Waals surface area contributed by atoms with Crippen LogP contribution in [0.5, 0.6) is 0 Å². The number of nitrogens with two attached hydrogens (primary N) is 1. The Morgan fingerprint density at radius 1 is 1.56 bits per heavy atom. The van der Waals surface area contributed by atoms with Crippen molar-refractivity contribution < 1.29 is 0 Å². The number of hydrogen-bond donors (Lipinski definition) is 1. The third kappa shape index (κ3) is 2.58. The third-order valence-corrected chi connectivity index (χ3v) is 4.04. The van der Waals surface area contributed by atoms with E-state index in [0.717, 1.165) is 24.1 Å². The summed E-state index contributed by atoms with van der Waals surface area (Å²) in [4.78, 5) is 0. The Morgan fingerprint density at radius 3 is 2.50 bits per heavy atom. The Bertz CT molecular complexity index is 369. The molecule has 0 spiro atoms. The molecule has 0 aliphatic heterocycles. The van der Waals surface area contributed by atoms with Gasteiger partial charge in [-0.05, 0) is 26.2 Å². The fraction of sp³-hybridized carbons (Fsp3) is 0.750. The van der Waals surface area contributed by atoms with Gasteiger partial charge in [0.25, 0.3) is 0 Å². The fourth-order valence-corrected chi connectivity index (χ4v) is 2.14. The van der Waals surface area contributed by atoms with Gasteiger partial charge in [-0.25, -0.2) is 0 Å². The van der Waals surface area contributed by atoms with Crippen molar-refractivity contribution in [3.8, 4) is 0 Å². The molecule has 2 unspecified atom stereocenters. The van der Waals surface area contributed by atoms with Crippen LogP contribution in [0.15, 0.2) is 0 Å². The molecule has 0 saturated heterocycles. The summed E-state index contributed by atoms with van der Waals surface area (Å²) < 4.78 is 1.71. The number of aromatic nitrogens is 2. The van der Waals surface area contributed by atoms with E-state index < -0.39 is 0 Å². The molecule has 92 valence electrons. The lowest BCUT2D eigenvalue weighted by Crippen LogP contribution is -2.45. The summed E-state index contributed by atoms with van der Waals surface area (Å²) in [6.07, 6.45) is 1.85. The lowest BCUT2D eigenvalue weighted by atomic mass is 9.81. The number of nitrogens with zero attached hydrogens (tertiary/aromatic N) is 2. The average molecular weight is 244 g/mol. The molecule has 1 aromatic rings. The van der Waals surface area contributed by atoms with Crippen LogP contribution in [0.25, 0.3) is 0 Å². The van der Waals surface area contributed by atoms with Gasteiger partial charge in [-0.2, -0.15) is 5.10 Å². The first-order valence-corrected chi connectivity index (χ1v) is 6.14. The molecule has 3 nitrogen and oxygen atoms in total. The Morgan fingerprint density at radius 2 is 2.12 bits per heavy atom. The highest BCUT2D eigenvalue weighted by atomic mass is 35.5. The van der Waals surface area contributed by atoms with Crippen LogP contribution in [-0.2, 0) is 13.5 Å². The van der Waals surface area contributed by atoms with E-state index in [0.29, 0.717) is 11.1 Å². The van der Waals surface area contributed by atoms with Gasteiger partial charge < -0.3 is 5.73 Å². The zero-order valence-electron chi connectivity index (χ0n) is 10.8. The highest BCUT2D eigenvalue weighted by Gasteiger charge is 2.28. The Balaban J connectivity index is 2.96. The lowest BCUT2D eigenvalue weighted by Gasteiger charge is -2.31. The molecule has 0 fully saturated rings. The predicted molar refractivity (Wildman–Crippen MR) is 68.7 cm³/mol. The lowest BCUT2D eigenvalue weighted by molar-refractivity contribution is 0.306. The Kier molecular flexibility index (Phi) is 4.02. The molecule has 0 aliphatic carbocycles. The second kappa shape index (κ2) is 4.76. The van der Waals surface area contributed by atoms with Gasteiger partial charge in [0.15, 0.2) is 0 Å². The largest absolute Gasteiger partial charge is 0.325 e. The molecule has 0 bridgehead atoms. The van der Waals surface area contributed by atoms with E-state index in [-0.39, 0.29) is 5.54 Å². The number of aryl methyl sites for hydroxylation is 2. The second-order valence-electron chi connectivity index (χ2n) is 4.97. The van der Waals surface area contributed by atoms with Crippen molar-refractivity contribution in [1.29, 1.82) is 0 Å².